The van der Waals surface area contributed by atoms with E-state index in [-0.39, 0.29) is 5.91 Å². The van der Waals surface area contributed by atoms with E-state index >= 15 is 0 Å². The maximum Gasteiger partial charge on any atom is 0.250 e. The molecule has 0 saturated carbocycles. The first kappa shape index (κ1) is 22.6. The van der Waals surface area contributed by atoms with Gasteiger partial charge in [-0.15, -0.1) is 0 Å². The molecule has 31 heavy (non-hydrogen) atoms. The van der Waals surface area contributed by atoms with Crippen molar-refractivity contribution in [3.8, 4) is 23.0 Å². The van der Waals surface area contributed by atoms with Crippen molar-refractivity contribution in [1.29, 1.82) is 0 Å². The zero-order valence-electron chi connectivity index (χ0n) is 18.2. The van der Waals surface area contributed by atoms with Crippen LogP contribution in [0.1, 0.15) is 23.6 Å². The Hall–Kier alpha value is -3.12. The highest BCUT2D eigenvalue weighted by Crippen LogP contribution is 2.38. The van der Waals surface area contributed by atoms with Gasteiger partial charge in [-0.1, -0.05) is 18.2 Å². The lowest BCUT2D eigenvalue weighted by molar-refractivity contribution is -0.123. The second-order valence-corrected chi connectivity index (χ2v) is 7.26. The van der Waals surface area contributed by atoms with Gasteiger partial charge in [-0.05, 0) is 54.8 Å². The molecule has 0 bridgehead atoms. The van der Waals surface area contributed by atoms with E-state index in [9.17, 15) is 4.79 Å². The summed E-state index contributed by atoms with van der Waals surface area (Å²) in [6.07, 6.45) is 3.89. The number of halogens is 1. The summed E-state index contributed by atoms with van der Waals surface area (Å²) >= 11 is 6.32. The van der Waals surface area contributed by atoms with Crippen LogP contribution in [0.15, 0.2) is 36.9 Å². The predicted molar refractivity (Wildman–Crippen MR) is 122 cm³/mol. The van der Waals surface area contributed by atoms with E-state index in [2.05, 4.69) is 6.58 Å². The summed E-state index contributed by atoms with van der Waals surface area (Å²) in [5.41, 5.74) is 3.29. The Morgan fingerprint density at radius 1 is 1.10 bits per heavy atom. The third-order valence-electron chi connectivity index (χ3n) is 5.08. The van der Waals surface area contributed by atoms with Gasteiger partial charge in [0.1, 0.15) is 0 Å². The second-order valence-electron chi connectivity index (χ2n) is 6.85. The zero-order valence-corrected chi connectivity index (χ0v) is 18.9. The number of methoxy groups -OCH3 is 3. The third kappa shape index (κ3) is 4.64. The number of rotatable bonds is 7. The van der Waals surface area contributed by atoms with Gasteiger partial charge in [0.05, 0.1) is 33.0 Å². The molecular weight excluding hydrogens is 418 g/mol. The van der Waals surface area contributed by atoms with Gasteiger partial charge >= 0.3 is 0 Å². The van der Waals surface area contributed by atoms with E-state index in [0.717, 1.165) is 16.7 Å². The smallest absolute Gasteiger partial charge is 0.250 e. The monoisotopic (exact) mass is 443 g/mol. The average molecular weight is 444 g/mol. The summed E-state index contributed by atoms with van der Waals surface area (Å²) < 4.78 is 21.7. The molecule has 0 fully saturated rings. The Kier molecular flexibility index (Phi) is 7.13. The number of amides is 1. The van der Waals surface area contributed by atoms with Crippen molar-refractivity contribution < 1.29 is 23.7 Å². The van der Waals surface area contributed by atoms with Crippen LogP contribution in [0.25, 0.3) is 11.8 Å². The molecule has 6 nitrogen and oxygen atoms in total. The molecule has 164 valence electrons. The molecule has 0 aliphatic carbocycles. The van der Waals surface area contributed by atoms with Crippen molar-refractivity contribution in [2.45, 2.75) is 13.3 Å². The SMILES string of the molecule is C=C1c2cc(OC)c(OC)cc2CCN1C(=O)C=Cc1cc(Cl)c(OCC)c(OC)c1. The number of carbonyl (C=O) groups excluding carboxylic acids is 1. The van der Waals surface area contributed by atoms with Crippen LogP contribution in [0.3, 0.4) is 0 Å². The maximum absolute atomic E-state index is 12.9. The van der Waals surface area contributed by atoms with E-state index in [1.165, 1.54) is 6.08 Å². The van der Waals surface area contributed by atoms with Gasteiger partial charge in [0.15, 0.2) is 23.0 Å². The third-order valence-corrected chi connectivity index (χ3v) is 5.36. The first-order valence-electron chi connectivity index (χ1n) is 9.87. The fourth-order valence-corrected chi connectivity index (χ4v) is 3.80. The van der Waals surface area contributed by atoms with Gasteiger partial charge in [-0.2, -0.15) is 0 Å². The highest BCUT2D eigenvalue weighted by atomic mass is 35.5. The number of hydrogen-bond donors (Lipinski definition) is 0. The number of hydrogen-bond acceptors (Lipinski definition) is 5. The number of benzene rings is 2. The van der Waals surface area contributed by atoms with E-state index < -0.39 is 0 Å². The largest absolute Gasteiger partial charge is 0.493 e. The first-order chi connectivity index (χ1) is 14.9. The minimum Gasteiger partial charge on any atom is -0.493 e. The Balaban J connectivity index is 1.82. The summed E-state index contributed by atoms with van der Waals surface area (Å²) in [6, 6.07) is 7.30. The highest BCUT2D eigenvalue weighted by Gasteiger charge is 2.25. The Labute approximate surface area is 187 Å². The van der Waals surface area contributed by atoms with Crippen LogP contribution in [0, 0.1) is 0 Å². The summed E-state index contributed by atoms with van der Waals surface area (Å²) in [6.45, 7) is 7.00. The number of carbonyl (C=O) groups is 1. The summed E-state index contributed by atoms with van der Waals surface area (Å²) in [5, 5.41) is 0.422. The van der Waals surface area contributed by atoms with Gasteiger partial charge < -0.3 is 23.8 Å². The zero-order chi connectivity index (χ0) is 22.5. The summed E-state index contributed by atoms with van der Waals surface area (Å²) in [4.78, 5) is 14.6. The topological polar surface area (TPSA) is 57.2 Å². The Bertz CT molecular complexity index is 1030. The minimum atomic E-state index is -0.172. The molecule has 2 aromatic rings. The van der Waals surface area contributed by atoms with Crippen LogP contribution in [-0.4, -0.2) is 45.3 Å². The van der Waals surface area contributed by atoms with Crippen LogP contribution in [0.5, 0.6) is 23.0 Å². The molecule has 0 unspecified atom stereocenters. The number of fused-ring (bicyclic) bond motifs is 1. The lowest BCUT2D eigenvalue weighted by Gasteiger charge is -2.31. The molecule has 1 heterocycles. The lowest BCUT2D eigenvalue weighted by Crippen LogP contribution is -2.33. The van der Waals surface area contributed by atoms with Crippen molar-refractivity contribution in [3.63, 3.8) is 0 Å². The van der Waals surface area contributed by atoms with E-state index in [0.29, 0.717) is 53.3 Å². The maximum atomic E-state index is 12.9. The van der Waals surface area contributed by atoms with Crippen molar-refractivity contribution in [1.82, 2.24) is 4.90 Å². The first-order valence-corrected chi connectivity index (χ1v) is 10.2. The normalized spacial score (nSPS) is 13.2. The molecular formula is C24H26ClNO5. The molecule has 1 amide bonds. The van der Waals surface area contributed by atoms with Gasteiger partial charge in [-0.3, -0.25) is 4.79 Å². The van der Waals surface area contributed by atoms with E-state index in [4.69, 9.17) is 30.5 Å². The summed E-state index contributed by atoms with van der Waals surface area (Å²) in [5.74, 6) is 2.09. The average Bonchev–Trinajstić information content (AvgIpc) is 2.78. The molecule has 3 rings (SSSR count). The number of ether oxygens (including phenoxy) is 4. The molecule has 0 radical (unpaired) electrons. The van der Waals surface area contributed by atoms with Crippen LogP contribution in [0.2, 0.25) is 5.02 Å². The van der Waals surface area contributed by atoms with Crippen LogP contribution >= 0.6 is 11.6 Å². The number of nitrogens with zero attached hydrogens (tertiary/aromatic N) is 1. The second kappa shape index (κ2) is 9.79. The Morgan fingerprint density at radius 2 is 1.77 bits per heavy atom. The van der Waals surface area contributed by atoms with Crippen LogP contribution in [-0.2, 0) is 11.2 Å². The molecule has 0 spiro atoms. The fourth-order valence-electron chi connectivity index (χ4n) is 3.53. The van der Waals surface area contributed by atoms with Gasteiger partial charge in [0.25, 0.3) is 5.91 Å². The standard InChI is InChI=1S/C24H26ClNO5/c1-6-31-24-19(25)11-16(12-22(24)30-5)7-8-23(27)26-10-9-17-13-20(28-3)21(29-4)14-18(17)15(26)2/h7-8,11-14H,2,6,9-10H2,1,3-5H3. The Morgan fingerprint density at radius 3 is 2.42 bits per heavy atom. The fraction of sp³-hybridized carbons (Fsp3) is 0.292. The molecule has 1 aliphatic rings. The predicted octanol–water partition coefficient (Wildman–Crippen LogP) is 4.83. The van der Waals surface area contributed by atoms with Crippen molar-refractivity contribution >= 4 is 29.3 Å². The molecule has 0 atom stereocenters. The van der Waals surface area contributed by atoms with Crippen molar-refractivity contribution in [2.24, 2.45) is 0 Å². The quantitative estimate of drug-likeness (QED) is 0.573. The van der Waals surface area contributed by atoms with Crippen LogP contribution in [0.4, 0.5) is 0 Å². The minimum absolute atomic E-state index is 0.172. The van der Waals surface area contributed by atoms with E-state index in [1.807, 2.05) is 19.1 Å². The molecule has 0 saturated heterocycles. The van der Waals surface area contributed by atoms with Crippen LogP contribution < -0.4 is 18.9 Å². The highest BCUT2D eigenvalue weighted by molar-refractivity contribution is 6.32. The van der Waals surface area contributed by atoms with Crippen molar-refractivity contribution in [3.05, 3.63) is 58.6 Å². The van der Waals surface area contributed by atoms with Gasteiger partial charge in [0.2, 0.25) is 0 Å². The molecule has 0 N–H and O–H groups in total. The summed E-state index contributed by atoms with van der Waals surface area (Å²) in [7, 11) is 4.73. The van der Waals surface area contributed by atoms with Gasteiger partial charge in [-0.25, -0.2) is 0 Å². The van der Waals surface area contributed by atoms with Crippen molar-refractivity contribution in [2.75, 3.05) is 34.5 Å². The van der Waals surface area contributed by atoms with E-state index in [1.54, 1.807) is 44.4 Å². The molecule has 2 aromatic carbocycles. The lowest BCUT2D eigenvalue weighted by atomic mass is 9.96. The molecule has 0 aromatic heterocycles. The molecule has 7 heteroatoms. The van der Waals surface area contributed by atoms with Gasteiger partial charge in [0, 0.05) is 23.9 Å². The molecule has 1 aliphatic heterocycles.